The fourth-order valence-corrected chi connectivity index (χ4v) is 5.38. The topological polar surface area (TPSA) is 48.5 Å². The van der Waals surface area contributed by atoms with Gasteiger partial charge in [-0.15, -0.1) is 0 Å². The van der Waals surface area contributed by atoms with E-state index in [1.54, 1.807) is 0 Å². The number of rotatable bonds is 2. The molecule has 0 aliphatic heterocycles. The average Bonchev–Trinajstić information content (AvgIpc) is 3.44. The van der Waals surface area contributed by atoms with Crippen LogP contribution in [0, 0.1) is 0 Å². The van der Waals surface area contributed by atoms with Crippen molar-refractivity contribution in [3.8, 4) is 11.5 Å². The van der Waals surface area contributed by atoms with E-state index in [1.165, 1.54) is 5.39 Å². The van der Waals surface area contributed by atoms with Crippen molar-refractivity contribution in [3.63, 3.8) is 0 Å². The van der Waals surface area contributed by atoms with E-state index in [2.05, 4.69) is 94.1 Å². The molecule has 0 amide bonds. The second-order valence-electron chi connectivity index (χ2n) is 9.02. The molecule has 0 saturated carbocycles. The molecule has 0 spiro atoms. The summed E-state index contributed by atoms with van der Waals surface area (Å²) in [6, 6.07) is 35.6. The molecule has 5 nitrogen and oxygen atoms in total. The van der Waals surface area contributed by atoms with Crippen LogP contribution in [0.15, 0.2) is 116 Å². The Bertz CT molecular complexity index is 2100. The Balaban J connectivity index is 1.55. The molecule has 0 aliphatic carbocycles. The van der Waals surface area contributed by atoms with Gasteiger partial charge in [0, 0.05) is 39.6 Å². The largest absolute Gasteiger partial charge is 0.294 e. The maximum atomic E-state index is 5.33. The molecule has 0 radical (unpaired) electrons. The van der Waals surface area contributed by atoms with Crippen LogP contribution in [0.2, 0.25) is 0 Å². The summed E-state index contributed by atoms with van der Waals surface area (Å²) in [6.07, 6.45) is 3.77. The van der Waals surface area contributed by atoms with Gasteiger partial charge in [-0.25, -0.2) is 9.97 Å². The molecule has 5 aromatic heterocycles. The molecule has 168 valence electrons. The predicted octanol–water partition coefficient (Wildman–Crippen LogP) is 7.22. The predicted molar refractivity (Wildman–Crippen MR) is 146 cm³/mol. The van der Waals surface area contributed by atoms with Gasteiger partial charge in [0.05, 0.1) is 16.6 Å². The van der Waals surface area contributed by atoms with Crippen molar-refractivity contribution < 1.29 is 0 Å². The van der Waals surface area contributed by atoms with E-state index in [9.17, 15) is 0 Å². The van der Waals surface area contributed by atoms with Crippen LogP contribution < -0.4 is 0 Å². The Morgan fingerprint density at radius 2 is 1.28 bits per heavy atom. The highest BCUT2D eigenvalue weighted by Gasteiger charge is 2.20. The molecule has 3 aromatic carbocycles. The third-order valence-electron chi connectivity index (χ3n) is 6.98. The van der Waals surface area contributed by atoms with Gasteiger partial charge in [-0.05, 0) is 47.9 Å². The first-order chi connectivity index (χ1) is 17.9. The van der Waals surface area contributed by atoms with Gasteiger partial charge < -0.3 is 0 Å². The van der Waals surface area contributed by atoms with E-state index in [0.717, 1.165) is 60.9 Å². The first kappa shape index (κ1) is 19.3. The van der Waals surface area contributed by atoms with Crippen molar-refractivity contribution in [3.05, 3.63) is 116 Å². The smallest absolute Gasteiger partial charge is 0.150 e. The zero-order valence-corrected chi connectivity index (χ0v) is 19.2. The van der Waals surface area contributed by atoms with E-state index in [0.29, 0.717) is 0 Å². The highest BCUT2D eigenvalue weighted by Crippen LogP contribution is 2.37. The van der Waals surface area contributed by atoms with E-state index in [-0.39, 0.29) is 0 Å². The number of nitrogens with zero attached hydrogens (tertiary/aromatic N) is 5. The van der Waals surface area contributed by atoms with Crippen molar-refractivity contribution in [2.24, 2.45) is 0 Å². The Morgan fingerprint density at radius 3 is 2.19 bits per heavy atom. The molecule has 36 heavy (non-hydrogen) atoms. The Kier molecular flexibility index (Phi) is 3.88. The Labute approximate surface area is 205 Å². The number of hydrogen-bond donors (Lipinski definition) is 0. The molecule has 0 N–H and O–H groups in total. The zero-order valence-electron chi connectivity index (χ0n) is 19.2. The lowest BCUT2D eigenvalue weighted by atomic mass is 10.1. The Morgan fingerprint density at radius 1 is 0.528 bits per heavy atom. The van der Waals surface area contributed by atoms with Crippen molar-refractivity contribution in [2.45, 2.75) is 0 Å². The summed E-state index contributed by atoms with van der Waals surface area (Å²) >= 11 is 0. The van der Waals surface area contributed by atoms with Gasteiger partial charge in [0.15, 0.2) is 5.65 Å². The standard InChI is InChI=1S/C31H19N5/c1-2-11-22(12-3-1)35-26-14-7-6-13-23(26)24-18-25-29-27(15-8-16-32-29)36(31(25)34-30(24)35)28-17-20-9-4-5-10-21(20)19-33-28/h1-19H. The van der Waals surface area contributed by atoms with Crippen LogP contribution in [-0.2, 0) is 0 Å². The zero-order chi connectivity index (χ0) is 23.6. The number of hydrogen-bond acceptors (Lipinski definition) is 3. The fraction of sp³-hybridized carbons (Fsp3) is 0. The molecular weight excluding hydrogens is 442 g/mol. The molecule has 0 aliphatic rings. The summed E-state index contributed by atoms with van der Waals surface area (Å²) in [7, 11) is 0. The molecule has 0 fully saturated rings. The minimum atomic E-state index is 0.830. The summed E-state index contributed by atoms with van der Waals surface area (Å²) in [4.78, 5) is 14.9. The Hall–Kier alpha value is -5.03. The van der Waals surface area contributed by atoms with Gasteiger partial charge >= 0.3 is 0 Å². The van der Waals surface area contributed by atoms with Gasteiger partial charge in [0.2, 0.25) is 0 Å². The maximum Gasteiger partial charge on any atom is 0.150 e. The SMILES string of the molecule is c1ccc(-n2c3ccccc3c3cc4c5ncccc5n(-c5cc6ccccc6cn5)c4nc32)cc1. The number of benzene rings is 3. The highest BCUT2D eigenvalue weighted by molar-refractivity contribution is 6.15. The summed E-state index contributed by atoms with van der Waals surface area (Å²) < 4.78 is 4.38. The molecular formula is C31H19N5. The number of para-hydroxylation sites is 2. The lowest BCUT2D eigenvalue weighted by molar-refractivity contribution is 1.06. The first-order valence-corrected chi connectivity index (χ1v) is 12.0. The van der Waals surface area contributed by atoms with Crippen LogP contribution in [0.4, 0.5) is 0 Å². The lowest BCUT2D eigenvalue weighted by Crippen LogP contribution is -2.00. The molecule has 8 rings (SSSR count). The average molecular weight is 462 g/mol. The van der Waals surface area contributed by atoms with Gasteiger partial charge in [-0.1, -0.05) is 60.7 Å². The van der Waals surface area contributed by atoms with Crippen molar-refractivity contribution in [2.75, 3.05) is 0 Å². The van der Waals surface area contributed by atoms with Crippen LogP contribution >= 0.6 is 0 Å². The molecule has 0 atom stereocenters. The van der Waals surface area contributed by atoms with Crippen molar-refractivity contribution in [1.82, 2.24) is 24.1 Å². The van der Waals surface area contributed by atoms with Gasteiger partial charge in [0.1, 0.15) is 11.5 Å². The normalized spacial score (nSPS) is 11.9. The molecule has 0 bridgehead atoms. The molecule has 0 saturated heterocycles. The van der Waals surface area contributed by atoms with Crippen LogP contribution in [0.25, 0.3) is 66.3 Å². The van der Waals surface area contributed by atoms with Crippen LogP contribution in [0.5, 0.6) is 0 Å². The summed E-state index contributed by atoms with van der Waals surface area (Å²) in [5.41, 5.74) is 5.89. The van der Waals surface area contributed by atoms with Gasteiger partial charge in [-0.2, -0.15) is 0 Å². The van der Waals surface area contributed by atoms with Gasteiger partial charge in [0.25, 0.3) is 0 Å². The van der Waals surface area contributed by atoms with Crippen LogP contribution in [-0.4, -0.2) is 24.1 Å². The summed E-state index contributed by atoms with van der Waals surface area (Å²) in [5.74, 6) is 0.830. The number of aromatic nitrogens is 5. The van der Waals surface area contributed by atoms with E-state index in [1.807, 2.05) is 30.6 Å². The second-order valence-corrected chi connectivity index (χ2v) is 9.02. The van der Waals surface area contributed by atoms with E-state index in [4.69, 9.17) is 15.0 Å². The number of fused-ring (bicyclic) bond motifs is 7. The highest BCUT2D eigenvalue weighted by atomic mass is 15.1. The lowest BCUT2D eigenvalue weighted by Gasteiger charge is -2.09. The molecule has 0 unspecified atom stereocenters. The molecule has 5 heterocycles. The maximum absolute atomic E-state index is 5.33. The monoisotopic (exact) mass is 461 g/mol. The summed E-state index contributed by atoms with van der Waals surface area (Å²) in [5, 5.41) is 5.55. The molecule has 5 heteroatoms. The van der Waals surface area contributed by atoms with Crippen LogP contribution in [0.1, 0.15) is 0 Å². The van der Waals surface area contributed by atoms with Crippen molar-refractivity contribution >= 4 is 54.8 Å². The van der Waals surface area contributed by atoms with Crippen LogP contribution in [0.3, 0.4) is 0 Å². The number of pyridine rings is 3. The van der Waals surface area contributed by atoms with Gasteiger partial charge in [-0.3, -0.25) is 14.1 Å². The third kappa shape index (κ3) is 2.62. The third-order valence-corrected chi connectivity index (χ3v) is 6.98. The minimum absolute atomic E-state index is 0.830. The molecule has 8 aromatic rings. The minimum Gasteiger partial charge on any atom is -0.294 e. The fourth-order valence-electron chi connectivity index (χ4n) is 5.38. The summed E-state index contributed by atoms with van der Waals surface area (Å²) in [6.45, 7) is 0. The van der Waals surface area contributed by atoms with E-state index < -0.39 is 0 Å². The first-order valence-electron chi connectivity index (χ1n) is 12.0. The quantitative estimate of drug-likeness (QED) is 0.273. The van der Waals surface area contributed by atoms with Crippen molar-refractivity contribution in [1.29, 1.82) is 0 Å². The second kappa shape index (κ2) is 7.23. The van der Waals surface area contributed by atoms with E-state index >= 15 is 0 Å².